The van der Waals surface area contributed by atoms with Crippen LogP contribution >= 0.6 is 22.9 Å². The summed E-state index contributed by atoms with van der Waals surface area (Å²) in [5.41, 5.74) is 0. The van der Waals surface area contributed by atoms with Crippen LogP contribution in [0, 0.1) is 0 Å². The van der Waals surface area contributed by atoms with E-state index in [4.69, 9.17) is 11.6 Å². The van der Waals surface area contributed by atoms with Gasteiger partial charge in [0.25, 0.3) is 16.0 Å². The lowest BCUT2D eigenvalue weighted by atomic mass is 10.9. The Hall–Kier alpha value is -1.32. The molecule has 2 heterocycles. The highest BCUT2D eigenvalue weighted by molar-refractivity contribution is 7.94. The maximum absolute atomic E-state index is 11.7. The van der Waals surface area contributed by atoms with Gasteiger partial charge in [-0.3, -0.25) is 0 Å². The van der Waals surface area contributed by atoms with Crippen LogP contribution in [0.4, 0.5) is 5.95 Å². The van der Waals surface area contributed by atoms with Crippen molar-refractivity contribution >= 4 is 38.9 Å². The molecule has 7 nitrogen and oxygen atoms in total. The average Bonchev–Trinajstić information content (AvgIpc) is 2.66. The number of hydrogen-bond donors (Lipinski definition) is 1. The zero-order chi connectivity index (χ0) is 11.6. The summed E-state index contributed by atoms with van der Waals surface area (Å²) in [4.78, 5) is 7.32. The molecule has 0 aromatic carbocycles. The van der Waals surface area contributed by atoms with E-state index in [1.807, 2.05) is 0 Å². The molecule has 0 radical (unpaired) electrons. The molecular weight excluding hydrogens is 274 g/mol. The van der Waals surface area contributed by atoms with Crippen molar-refractivity contribution < 1.29 is 8.42 Å². The van der Waals surface area contributed by atoms with Gasteiger partial charge in [0.15, 0.2) is 8.68 Å². The van der Waals surface area contributed by atoms with Crippen molar-refractivity contribution in [2.75, 3.05) is 4.72 Å². The van der Waals surface area contributed by atoms with E-state index >= 15 is 0 Å². The highest BCUT2D eigenvalue weighted by atomic mass is 35.5. The fraction of sp³-hybridized carbons (Fsp3) is 0. The van der Waals surface area contributed by atoms with E-state index < -0.39 is 10.0 Å². The molecule has 0 amide bonds. The van der Waals surface area contributed by atoms with Gasteiger partial charge >= 0.3 is 0 Å². The minimum atomic E-state index is -3.74. The lowest BCUT2D eigenvalue weighted by molar-refractivity contribution is 0.602. The van der Waals surface area contributed by atoms with Crippen LogP contribution in [0.1, 0.15) is 0 Å². The first-order valence-electron chi connectivity index (χ1n) is 3.86. The van der Waals surface area contributed by atoms with Crippen molar-refractivity contribution in [1.29, 1.82) is 0 Å². The van der Waals surface area contributed by atoms with Crippen molar-refractivity contribution in [3.8, 4) is 0 Å². The molecule has 2 aromatic heterocycles. The summed E-state index contributed by atoms with van der Waals surface area (Å²) in [5.74, 6) is -0.105. The Morgan fingerprint density at radius 3 is 2.69 bits per heavy atom. The van der Waals surface area contributed by atoms with Crippen molar-refractivity contribution in [3.63, 3.8) is 0 Å². The maximum atomic E-state index is 11.7. The van der Waals surface area contributed by atoms with E-state index in [9.17, 15) is 8.42 Å². The van der Waals surface area contributed by atoms with Crippen LogP contribution in [0.2, 0.25) is 4.47 Å². The third-order valence-corrected chi connectivity index (χ3v) is 4.33. The molecule has 0 unspecified atom stereocenters. The van der Waals surface area contributed by atoms with Crippen LogP contribution in [0.15, 0.2) is 22.8 Å². The van der Waals surface area contributed by atoms with Gasteiger partial charge in [0, 0.05) is 0 Å². The SMILES string of the molecule is O=S(=O)(Nc1nccnn1)c1cnc(Cl)s1. The molecule has 16 heavy (non-hydrogen) atoms. The minimum Gasteiger partial charge on any atom is -0.245 e. The molecule has 1 N–H and O–H groups in total. The lowest BCUT2D eigenvalue weighted by Gasteiger charge is -2.01. The van der Waals surface area contributed by atoms with Crippen LogP contribution in [0.3, 0.4) is 0 Å². The molecular formula is C6H4ClN5O2S2. The molecule has 0 aliphatic carbocycles. The maximum Gasteiger partial charge on any atom is 0.275 e. The standard InChI is InChI=1S/C6H4ClN5O2S2/c7-5-9-3-4(15-5)16(13,14)12-6-8-1-2-10-11-6/h1-3H,(H,8,11,12). The smallest absolute Gasteiger partial charge is 0.245 e. The van der Waals surface area contributed by atoms with Crippen LogP contribution < -0.4 is 4.72 Å². The first kappa shape index (κ1) is 11.2. The largest absolute Gasteiger partial charge is 0.275 e. The molecule has 0 atom stereocenters. The fourth-order valence-corrected chi connectivity index (χ4v) is 3.07. The van der Waals surface area contributed by atoms with Gasteiger partial charge < -0.3 is 0 Å². The molecule has 0 saturated heterocycles. The molecule has 0 fully saturated rings. The normalized spacial score (nSPS) is 11.3. The van der Waals surface area contributed by atoms with Crippen molar-refractivity contribution in [1.82, 2.24) is 20.2 Å². The van der Waals surface area contributed by atoms with Crippen molar-refractivity contribution in [2.45, 2.75) is 4.21 Å². The van der Waals surface area contributed by atoms with Gasteiger partial charge in [0.2, 0.25) is 0 Å². The zero-order valence-corrected chi connectivity index (χ0v) is 9.92. The minimum absolute atomic E-state index is 0.00930. The Morgan fingerprint density at radius 2 is 2.12 bits per heavy atom. The van der Waals surface area contributed by atoms with Gasteiger partial charge in [0.1, 0.15) is 0 Å². The Kier molecular flexibility index (Phi) is 2.99. The topological polar surface area (TPSA) is 97.7 Å². The third kappa shape index (κ3) is 2.43. The number of anilines is 1. The Labute approximate surface area is 99.6 Å². The summed E-state index contributed by atoms with van der Waals surface area (Å²) in [5, 5.41) is 6.99. The average molecular weight is 278 g/mol. The summed E-state index contributed by atoms with van der Waals surface area (Å²) >= 11 is 6.38. The van der Waals surface area contributed by atoms with Gasteiger partial charge in [-0.1, -0.05) is 22.9 Å². The number of halogens is 1. The summed E-state index contributed by atoms with van der Waals surface area (Å²) in [6.07, 6.45) is 3.82. The number of thiazole rings is 1. The Balaban J connectivity index is 2.28. The molecule has 2 aromatic rings. The van der Waals surface area contributed by atoms with Crippen LogP contribution in [-0.4, -0.2) is 28.6 Å². The Morgan fingerprint density at radius 1 is 1.31 bits per heavy atom. The fourth-order valence-electron chi connectivity index (χ4n) is 0.828. The number of nitrogens with one attached hydrogen (secondary N) is 1. The number of sulfonamides is 1. The third-order valence-electron chi connectivity index (χ3n) is 1.43. The van der Waals surface area contributed by atoms with E-state index in [1.165, 1.54) is 12.4 Å². The first-order chi connectivity index (χ1) is 7.58. The highest BCUT2D eigenvalue weighted by Gasteiger charge is 2.18. The van der Waals surface area contributed by atoms with E-state index in [-0.39, 0.29) is 14.6 Å². The highest BCUT2D eigenvalue weighted by Crippen LogP contribution is 2.23. The summed E-state index contributed by atoms with van der Waals surface area (Å²) in [6.45, 7) is 0. The second-order valence-electron chi connectivity index (χ2n) is 2.50. The van der Waals surface area contributed by atoms with Crippen LogP contribution in [0.25, 0.3) is 0 Å². The van der Waals surface area contributed by atoms with E-state index in [1.54, 1.807) is 0 Å². The van der Waals surface area contributed by atoms with E-state index in [0.29, 0.717) is 0 Å². The van der Waals surface area contributed by atoms with Crippen LogP contribution in [-0.2, 0) is 10.0 Å². The van der Waals surface area contributed by atoms with Crippen molar-refractivity contribution in [2.24, 2.45) is 0 Å². The molecule has 0 bridgehead atoms. The molecule has 0 aliphatic rings. The summed E-state index contributed by atoms with van der Waals surface area (Å²) in [6, 6.07) is 0. The number of rotatable bonds is 3. The monoisotopic (exact) mass is 277 g/mol. The number of nitrogens with zero attached hydrogens (tertiary/aromatic N) is 4. The lowest BCUT2D eigenvalue weighted by Crippen LogP contribution is -2.14. The molecule has 84 valence electrons. The van der Waals surface area contributed by atoms with Gasteiger partial charge in [0.05, 0.1) is 18.6 Å². The van der Waals surface area contributed by atoms with Gasteiger partial charge in [-0.25, -0.2) is 23.1 Å². The predicted molar refractivity (Wildman–Crippen MR) is 57.8 cm³/mol. The van der Waals surface area contributed by atoms with Gasteiger partial charge in [-0.05, 0) is 0 Å². The first-order valence-corrected chi connectivity index (χ1v) is 6.53. The summed E-state index contributed by atoms with van der Waals surface area (Å²) in [7, 11) is -3.74. The zero-order valence-electron chi connectivity index (χ0n) is 7.53. The molecule has 10 heteroatoms. The molecule has 0 saturated carbocycles. The van der Waals surface area contributed by atoms with E-state index in [0.717, 1.165) is 17.5 Å². The van der Waals surface area contributed by atoms with Crippen molar-refractivity contribution in [3.05, 3.63) is 23.1 Å². The molecule has 0 aliphatic heterocycles. The second-order valence-corrected chi connectivity index (χ2v) is 6.03. The van der Waals surface area contributed by atoms with Gasteiger partial charge in [-0.15, -0.1) is 5.10 Å². The quantitative estimate of drug-likeness (QED) is 0.890. The Bertz CT molecular complexity index is 584. The molecule has 2 rings (SSSR count). The summed E-state index contributed by atoms with van der Waals surface area (Å²) < 4.78 is 25.7. The van der Waals surface area contributed by atoms with E-state index in [2.05, 4.69) is 24.9 Å². The number of aromatic nitrogens is 4. The van der Waals surface area contributed by atoms with Crippen LogP contribution in [0.5, 0.6) is 0 Å². The second kappa shape index (κ2) is 4.28. The predicted octanol–water partition coefficient (Wildman–Crippen LogP) is 0.782. The molecule has 0 spiro atoms. The van der Waals surface area contributed by atoms with Gasteiger partial charge in [-0.2, -0.15) is 5.10 Å². The number of hydrogen-bond acceptors (Lipinski definition) is 7.